The Labute approximate surface area is 459 Å². The Bertz CT molecular complexity index is 3780. The minimum absolute atomic E-state index is 0.00921. The molecule has 1 amide bonds. The second-order valence-electron chi connectivity index (χ2n) is 20.7. The quantitative estimate of drug-likeness (QED) is 0.0803. The van der Waals surface area contributed by atoms with Crippen LogP contribution in [0.25, 0.3) is 65.2 Å². The van der Waals surface area contributed by atoms with Crippen LogP contribution >= 0.6 is 11.6 Å². The molecule has 0 atom stereocenters. The van der Waals surface area contributed by atoms with Crippen LogP contribution in [0.5, 0.6) is 23.0 Å². The number of aromatic nitrogens is 4. The number of ether oxygens (including phenoxy) is 4. The predicted molar refractivity (Wildman–Crippen MR) is 301 cm³/mol. The Morgan fingerprint density at radius 2 is 0.975 bits per heavy atom. The molecule has 4 aromatic heterocycles. The third-order valence-corrected chi connectivity index (χ3v) is 16.1. The summed E-state index contributed by atoms with van der Waals surface area (Å²) in [6.07, 6.45) is 7.00. The lowest BCUT2D eigenvalue weighted by molar-refractivity contribution is -0.135. The first-order valence-electron chi connectivity index (χ1n) is 26.6. The summed E-state index contributed by atoms with van der Waals surface area (Å²) in [5, 5.41) is 47.5. The Morgan fingerprint density at radius 1 is 0.582 bits per heavy atom. The van der Waals surface area contributed by atoms with E-state index in [9.17, 15) is 39.6 Å². The lowest BCUT2D eigenvalue weighted by Crippen LogP contribution is -2.41. The molecule has 0 saturated carbocycles. The number of aliphatic hydroxyl groups excluding tert-OH is 4. The van der Waals surface area contributed by atoms with E-state index < -0.39 is 0 Å². The third kappa shape index (κ3) is 10.9. The number of hydrogen-bond acceptors (Lipinski definition) is 17. The average Bonchev–Trinajstić information content (AvgIpc) is 4.22. The number of nitrogens with zero attached hydrogens (tertiary/aromatic N) is 7. The molecule has 0 radical (unpaired) electrons. The fourth-order valence-electron chi connectivity index (χ4n) is 11.2. The van der Waals surface area contributed by atoms with Crippen LogP contribution in [0.15, 0.2) is 70.5 Å². The van der Waals surface area contributed by atoms with Gasteiger partial charge in [0.1, 0.15) is 0 Å². The molecule has 79 heavy (non-hydrogen) atoms. The van der Waals surface area contributed by atoms with Crippen LogP contribution in [0, 0.1) is 11.8 Å². The number of benzene rings is 4. The number of piperidine rings is 2. The van der Waals surface area contributed by atoms with Crippen LogP contribution in [0.2, 0.25) is 0 Å². The van der Waals surface area contributed by atoms with Gasteiger partial charge >= 0.3 is 0 Å². The molecule has 8 aromatic rings. The molecule has 0 aliphatic carbocycles. The molecular weight excluding hydrogens is 1040 g/mol. The molecule has 5 N–H and O–H groups in total. The van der Waals surface area contributed by atoms with Crippen molar-refractivity contribution in [1.29, 1.82) is 0 Å². The number of hydrogen-bond donors (Lipinski definition) is 5. The zero-order chi connectivity index (χ0) is 55.6. The van der Waals surface area contributed by atoms with E-state index in [2.05, 4.69) is 39.2 Å². The fourth-order valence-corrected chi connectivity index (χ4v) is 11.4. The van der Waals surface area contributed by atoms with E-state index in [1.165, 1.54) is 0 Å². The molecule has 21 heteroatoms. The molecule has 416 valence electrons. The van der Waals surface area contributed by atoms with E-state index in [4.69, 9.17) is 30.5 Å². The van der Waals surface area contributed by atoms with Crippen molar-refractivity contribution in [1.82, 2.24) is 39.1 Å². The highest BCUT2D eigenvalue weighted by atomic mass is 35.5. The molecule has 0 spiro atoms. The molecule has 4 aromatic carbocycles. The summed E-state index contributed by atoms with van der Waals surface area (Å²) >= 11 is 5.35. The minimum Gasteiger partial charge on any atom is -0.454 e. The number of amides is 1. The van der Waals surface area contributed by atoms with Crippen molar-refractivity contribution >= 4 is 87.9 Å². The smallest absolute Gasteiger partial charge is 0.259 e. The van der Waals surface area contributed by atoms with Crippen LogP contribution in [0.1, 0.15) is 47.9 Å². The van der Waals surface area contributed by atoms with Gasteiger partial charge in [-0.05, 0) is 154 Å². The molecule has 4 aliphatic rings. The monoisotopic (exact) mass is 1100 g/mol. The van der Waals surface area contributed by atoms with Crippen molar-refractivity contribution in [2.45, 2.75) is 65.2 Å². The topological polar surface area (TPSA) is 244 Å². The van der Waals surface area contributed by atoms with Crippen LogP contribution in [-0.2, 0) is 49.1 Å². The molecular formula is C58H65ClN8O12. The van der Waals surface area contributed by atoms with E-state index in [0.717, 1.165) is 78.9 Å². The van der Waals surface area contributed by atoms with E-state index >= 15 is 0 Å². The fraction of sp³-hybridized carbons (Fsp3) is 0.414. The molecule has 20 nitrogen and oxygen atoms in total. The number of nitrogens with one attached hydrogen (secondary N) is 1. The molecule has 8 heterocycles. The Hall–Kier alpha value is -7.01. The number of pyridine rings is 4. The van der Waals surface area contributed by atoms with E-state index in [1.807, 2.05) is 25.2 Å². The first-order valence-corrected chi connectivity index (χ1v) is 26.9. The highest BCUT2D eigenvalue weighted by molar-refractivity contribution is 6.64. The summed E-state index contributed by atoms with van der Waals surface area (Å²) < 4.78 is 25.6. The molecule has 2 fully saturated rings. The van der Waals surface area contributed by atoms with Crippen molar-refractivity contribution < 1.29 is 49.0 Å². The highest BCUT2D eigenvalue weighted by Crippen LogP contribution is 2.41. The van der Waals surface area contributed by atoms with Gasteiger partial charge in [0.25, 0.3) is 11.1 Å². The summed E-state index contributed by atoms with van der Waals surface area (Å²) in [5.74, 6) is 2.65. The van der Waals surface area contributed by atoms with Gasteiger partial charge in [0.15, 0.2) is 23.0 Å². The van der Waals surface area contributed by atoms with Gasteiger partial charge in [-0.25, -0.2) is 0 Å². The highest BCUT2D eigenvalue weighted by Gasteiger charge is 2.28. The SMILES string of the molecule is CN1CCC(C(=O)Cl)CC1.CN1CCC(C(=O)N(C)CCn2c(=O)c3cc(CO)c(CO)cc3c3cnc4cc5c(cc4c32)OCO5)CC1.CNCCn1c(=O)c2cc(CO)c(CO)cc2c2cnc3cc4c(cc3c21)OCO4. The summed E-state index contributed by atoms with van der Waals surface area (Å²) in [6.45, 7) is 4.76. The first kappa shape index (κ1) is 55.3. The van der Waals surface area contributed by atoms with Gasteiger partial charge in [0, 0.05) is 102 Å². The molecule has 0 bridgehead atoms. The Kier molecular flexibility index (Phi) is 16.6. The molecule has 12 rings (SSSR count). The van der Waals surface area contributed by atoms with Gasteiger partial charge in [-0.3, -0.25) is 29.1 Å². The number of likely N-dealkylation sites (N-methyl/N-ethyl adjacent to an activating group) is 2. The van der Waals surface area contributed by atoms with Crippen LogP contribution in [0.3, 0.4) is 0 Å². The molecule has 2 saturated heterocycles. The van der Waals surface area contributed by atoms with Crippen molar-refractivity contribution in [2.24, 2.45) is 11.8 Å². The van der Waals surface area contributed by atoms with Crippen LogP contribution in [0.4, 0.5) is 0 Å². The minimum atomic E-state index is -0.295. The maximum Gasteiger partial charge on any atom is 0.259 e. The lowest BCUT2D eigenvalue weighted by Gasteiger charge is -2.31. The van der Waals surface area contributed by atoms with Crippen LogP contribution < -0.4 is 35.4 Å². The largest absolute Gasteiger partial charge is 0.454 e. The number of fused-ring (bicyclic) bond motifs is 12. The van der Waals surface area contributed by atoms with Crippen molar-refractivity contribution in [3.05, 3.63) is 104 Å². The van der Waals surface area contributed by atoms with E-state index in [1.54, 1.807) is 63.8 Å². The number of rotatable bonds is 12. The molecule has 0 unspecified atom stereocenters. The predicted octanol–water partition coefficient (Wildman–Crippen LogP) is 4.95. The average molecular weight is 1100 g/mol. The Balaban J connectivity index is 0.000000155. The van der Waals surface area contributed by atoms with Crippen LogP contribution in [-0.4, -0.2) is 146 Å². The second-order valence-corrected chi connectivity index (χ2v) is 21.1. The summed E-state index contributed by atoms with van der Waals surface area (Å²) in [6, 6.07) is 14.2. The third-order valence-electron chi connectivity index (χ3n) is 15.8. The maximum absolute atomic E-state index is 14.0. The van der Waals surface area contributed by atoms with Gasteiger partial charge in [-0.15, -0.1) is 0 Å². The van der Waals surface area contributed by atoms with Gasteiger partial charge < -0.3 is 68.5 Å². The number of carbonyl (C=O) groups excluding carboxylic acids is 2. The van der Waals surface area contributed by atoms with Crippen molar-refractivity contribution in [3.8, 4) is 23.0 Å². The van der Waals surface area contributed by atoms with E-state index in [0.29, 0.717) is 103 Å². The van der Waals surface area contributed by atoms with Gasteiger partial charge in [0.05, 0.1) is 48.5 Å². The van der Waals surface area contributed by atoms with Gasteiger partial charge in [-0.2, -0.15) is 0 Å². The summed E-state index contributed by atoms with van der Waals surface area (Å²) in [5.41, 5.74) is 4.59. The van der Waals surface area contributed by atoms with Gasteiger partial charge in [-0.1, -0.05) is 0 Å². The van der Waals surface area contributed by atoms with E-state index in [-0.39, 0.29) is 80.7 Å². The Morgan fingerprint density at radius 3 is 1.38 bits per heavy atom. The summed E-state index contributed by atoms with van der Waals surface area (Å²) in [4.78, 5) is 66.9. The lowest BCUT2D eigenvalue weighted by atomic mass is 9.96. The summed E-state index contributed by atoms with van der Waals surface area (Å²) in [7, 11) is 7.77. The zero-order valence-electron chi connectivity index (χ0n) is 44.7. The molecule has 4 aliphatic heterocycles. The zero-order valence-corrected chi connectivity index (χ0v) is 45.5. The first-order chi connectivity index (χ1) is 38.2. The maximum atomic E-state index is 14.0. The van der Waals surface area contributed by atoms with Crippen molar-refractivity contribution in [3.63, 3.8) is 0 Å². The van der Waals surface area contributed by atoms with Crippen molar-refractivity contribution in [2.75, 3.05) is 81.0 Å². The normalized spacial score (nSPS) is 15.8. The standard InChI is InChI=1S/C29H32N4O6.C22H21N3O5.C7H12ClNO/c1-31-5-3-17(4-6-31)28(36)32(2)7-8-33-27-22-11-25-26(39-16-38-25)12-24(22)30-13-23(27)20-9-18(14-34)19(15-35)10-21(20)29(33)37;1-23-2-3-25-21-16-6-19-20(30-11-29-19)7-18(16)24-8-17(21)14-4-12(9-26)13(10-27)5-15(14)22(25)28;1-9-4-2-6(3-5-9)7(8)10/h9-13,17,34-35H,3-8,14-16H2,1-2H3;4-8,23,26-27H,2-3,9-11H2,1H3;6H,2-5H2,1H3. The second kappa shape index (κ2) is 23.8. The number of carbonyl (C=O) groups is 2. The number of likely N-dealkylation sites (tertiary alicyclic amines) is 2. The number of aliphatic hydroxyl groups is 4. The van der Waals surface area contributed by atoms with Gasteiger partial charge in [0.2, 0.25) is 24.7 Å². The number of halogens is 1.